The monoisotopic (exact) mass is 360 g/mol. The Kier molecular flexibility index (Phi) is 6.32. The molecule has 2 heteroatoms. The average molecular weight is 360 g/mol. The Balaban J connectivity index is 0.000000208. The summed E-state index contributed by atoms with van der Waals surface area (Å²) in [5, 5.41) is 21.8. The van der Waals surface area contributed by atoms with Crippen molar-refractivity contribution in [3.8, 4) is 11.5 Å². The first-order valence-corrected chi connectivity index (χ1v) is 9.21. The predicted octanol–water partition coefficient (Wildman–Crippen LogP) is 7.28. The third-order valence-electron chi connectivity index (χ3n) is 4.79. The van der Waals surface area contributed by atoms with E-state index in [0.717, 1.165) is 0 Å². The molecular formula is C25H28O2. The van der Waals surface area contributed by atoms with Crippen molar-refractivity contribution in [1.82, 2.24) is 0 Å². The molecule has 27 heavy (non-hydrogen) atoms. The van der Waals surface area contributed by atoms with Crippen LogP contribution in [0.5, 0.6) is 11.5 Å². The maximum Gasteiger partial charge on any atom is 0.178 e. The molecule has 140 valence electrons. The van der Waals surface area contributed by atoms with Gasteiger partial charge in [0.15, 0.2) is 11.5 Å². The highest BCUT2D eigenvalue weighted by Crippen LogP contribution is 2.32. The van der Waals surface area contributed by atoms with Crippen LogP contribution in [0.2, 0.25) is 0 Å². The van der Waals surface area contributed by atoms with Gasteiger partial charge in [-0.2, -0.15) is 0 Å². The van der Waals surface area contributed by atoms with Crippen molar-refractivity contribution in [2.45, 2.75) is 45.4 Å². The van der Waals surface area contributed by atoms with Gasteiger partial charge < -0.3 is 0 Å². The lowest BCUT2D eigenvalue weighted by Gasteiger charge is -2.25. The van der Waals surface area contributed by atoms with Gasteiger partial charge in [0.05, 0.1) is 0 Å². The summed E-state index contributed by atoms with van der Waals surface area (Å²) in [4.78, 5) is 0. The van der Waals surface area contributed by atoms with Crippen molar-refractivity contribution in [3.05, 3.63) is 95.6 Å². The second-order valence-electron chi connectivity index (χ2n) is 8.29. The first-order chi connectivity index (χ1) is 12.6. The van der Waals surface area contributed by atoms with Gasteiger partial charge in [-0.15, -0.1) is 0 Å². The summed E-state index contributed by atoms with van der Waals surface area (Å²) in [6.45, 7) is 10.7. The molecule has 0 N–H and O–H groups in total. The lowest BCUT2D eigenvalue weighted by molar-refractivity contribution is 0.354. The van der Waals surface area contributed by atoms with Gasteiger partial charge in [-0.25, -0.2) is 0 Å². The normalized spacial score (nSPS) is 11.4. The van der Waals surface area contributed by atoms with Crippen LogP contribution < -0.4 is 0 Å². The van der Waals surface area contributed by atoms with Crippen LogP contribution in [0, 0.1) is 0 Å². The zero-order valence-electron chi connectivity index (χ0n) is 16.8. The second kappa shape index (κ2) is 8.30. The largest absolute Gasteiger partial charge is 0.290 e. The molecule has 3 aromatic rings. The number of rotatable bonds is 2. The van der Waals surface area contributed by atoms with E-state index in [4.69, 9.17) is 0 Å². The Morgan fingerprint density at radius 2 is 0.852 bits per heavy atom. The van der Waals surface area contributed by atoms with E-state index in [-0.39, 0.29) is 22.3 Å². The fraction of sp³-hybridized carbons (Fsp3) is 0.280. The second-order valence-corrected chi connectivity index (χ2v) is 8.29. The predicted molar refractivity (Wildman–Crippen MR) is 110 cm³/mol. The van der Waals surface area contributed by atoms with Gasteiger partial charge in [0.2, 0.25) is 0 Å². The van der Waals surface area contributed by atoms with Gasteiger partial charge in [-0.05, 0) is 46.4 Å². The van der Waals surface area contributed by atoms with E-state index in [1.165, 1.54) is 16.7 Å². The van der Waals surface area contributed by atoms with Crippen LogP contribution >= 0.6 is 0 Å². The first kappa shape index (κ1) is 20.6. The third kappa shape index (κ3) is 5.62. The lowest BCUT2D eigenvalue weighted by Crippen LogP contribution is -2.18. The van der Waals surface area contributed by atoms with E-state index in [9.17, 15) is 10.2 Å². The van der Waals surface area contributed by atoms with Crippen molar-refractivity contribution in [3.63, 3.8) is 0 Å². The zero-order valence-corrected chi connectivity index (χ0v) is 16.8. The molecule has 3 aromatic carbocycles. The number of hydrogen-bond donors (Lipinski definition) is 0. The minimum Gasteiger partial charge on any atom is -0.290 e. The first-order valence-electron chi connectivity index (χ1n) is 9.21. The van der Waals surface area contributed by atoms with Crippen molar-refractivity contribution >= 4 is 0 Å². The fourth-order valence-electron chi connectivity index (χ4n) is 2.85. The van der Waals surface area contributed by atoms with Gasteiger partial charge in [0.1, 0.15) is 0 Å². The molecule has 0 heterocycles. The maximum absolute atomic E-state index is 11.1. The van der Waals surface area contributed by atoms with Crippen molar-refractivity contribution < 1.29 is 10.2 Å². The molecule has 2 radical (unpaired) electrons. The van der Waals surface area contributed by atoms with Gasteiger partial charge in [0, 0.05) is 5.41 Å². The Labute approximate surface area is 163 Å². The van der Waals surface area contributed by atoms with E-state index in [1.807, 2.05) is 42.5 Å². The Morgan fingerprint density at radius 3 is 1.26 bits per heavy atom. The van der Waals surface area contributed by atoms with Crippen LogP contribution in [0.3, 0.4) is 0 Å². The number of benzene rings is 3. The van der Waals surface area contributed by atoms with E-state index >= 15 is 0 Å². The van der Waals surface area contributed by atoms with Crippen LogP contribution in [0.25, 0.3) is 0 Å². The summed E-state index contributed by atoms with van der Waals surface area (Å²) < 4.78 is 0. The SMILES string of the molecule is CC(C)(C)c1ccc([O])cc1.CC(C)(c1ccccc1)c1ccc([O])cc1. The van der Waals surface area contributed by atoms with Gasteiger partial charge >= 0.3 is 0 Å². The van der Waals surface area contributed by atoms with Crippen molar-refractivity contribution in [1.29, 1.82) is 0 Å². The summed E-state index contributed by atoms with van der Waals surface area (Å²) in [6.07, 6.45) is 0. The van der Waals surface area contributed by atoms with E-state index in [0.29, 0.717) is 0 Å². The maximum atomic E-state index is 11.1. The zero-order chi connectivity index (χ0) is 20.1. The molecule has 0 aliphatic heterocycles. The molecule has 0 atom stereocenters. The molecular weight excluding hydrogens is 332 g/mol. The van der Waals surface area contributed by atoms with E-state index in [2.05, 4.69) is 46.8 Å². The minimum absolute atomic E-state index is 0.0606. The van der Waals surface area contributed by atoms with Gasteiger partial charge in [-0.3, -0.25) is 10.2 Å². The quantitative estimate of drug-likeness (QED) is 0.460. The van der Waals surface area contributed by atoms with Gasteiger partial charge in [-0.1, -0.05) is 89.2 Å². The molecule has 0 saturated carbocycles. The van der Waals surface area contributed by atoms with Crippen molar-refractivity contribution in [2.24, 2.45) is 0 Å². The summed E-state index contributed by atoms with van der Waals surface area (Å²) in [5.74, 6) is 0.144. The molecule has 0 fully saturated rings. The fourth-order valence-corrected chi connectivity index (χ4v) is 2.85. The molecule has 3 rings (SSSR count). The van der Waals surface area contributed by atoms with Crippen LogP contribution in [0.1, 0.15) is 51.3 Å². The molecule has 0 aromatic heterocycles. The highest BCUT2D eigenvalue weighted by atomic mass is 16.3. The Morgan fingerprint density at radius 1 is 0.481 bits per heavy atom. The van der Waals surface area contributed by atoms with E-state index in [1.54, 1.807) is 24.3 Å². The summed E-state index contributed by atoms with van der Waals surface area (Å²) in [6, 6.07) is 24.4. The Bertz CT molecular complexity index is 824. The highest BCUT2D eigenvalue weighted by molar-refractivity contribution is 5.39. The topological polar surface area (TPSA) is 39.8 Å². The molecule has 0 bridgehead atoms. The Hall–Kier alpha value is -2.74. The van der Waals surface area contributed by atoms with Gasteiger partial charge in [0.25, 0.3) is 0 Å². The summed E-state index contributed by atoms with van der Waals surface area (Å²) >= 11 is 0. The molecule has 0 spiro atoms. The summed E-state index contributed by atoms with van der Waals surface area (Å²) in [7, 11) is 0. The molecule has 0 aliphatic carbocycles. The van der Waals surface area contributed by atoms with Crippen LogP contribution in [0.15, 0.2) is 78.9 Å². The minimum atomic E-state index is -0.0606. The highest BCUT2D eigenvalue weighted by Gasteiger charge is 2.22. The molecule has 0 unspecified atom stereocenters. The lowest BCUT2D eigenvalue weighted by atomic mass is 9.78. The molecule has 0 amide bonds. The molecule has 0 saturated heterocycles. The van der Waals surface area contributed by atoms with Crippen molar-refractivity contribution in [2.75, 3.05) is 0 Å². The standard InChI is InChI=1S/C15H15O.C10H13O/c1-15(2,12-6-4-3-5-7-12)13-8-10-14(16)11-9-13;1-10(2,3)8-4-6-9(11)7-5-8/h3-11H,1-2H3;4-7H,1-3H3. The molecule has 0 aliphatic rings. The van der Waals surface area contributed by atoms with Crippen LogP contribution in [-0.2, 0) is 21.0 Å². The van der Waals surface area contributed by atoms with Crippen LogP contribution in [-0.4, -0.2) is 0 Å². The summed E-state index contributed by atoms with van der Waals surface area (Å²) in [5.41, 5.74) is 3.71. The smallest absolute Gasteiger partial charge is 0.178 e. The van der Waals surface area contributed by atoms with E-state index < -0.39 is 0 Å². The van der Waals surface area contributed by atoms with Crippen LogP contribution in [0.4, 0.5) is 0 Å². The third-order valence-corrected chi connectivity index (χ3v) is 4.79. The average Bonchev–Trinajstić information content (AvgIpc) is 2.63. The molecule has 2 nitrogen and oxygen atoms in total. The number of hydrogen-bond acceptors (Lipinski definition) is 0.